The van der Waals surface area contributed by atoms with Crippen molar-refractivity contribution in [1.29, 1.82) is 0 Å². The van der Waals surface area contributed by atoms with Crippen molar-refractivity contribution in [2.45, 2.75) is 57.1 Å². The van der Waals surface area contributed by atoms with E-state index in [1.54, 1.807) is 11.8 Å². The molecule has 162 valence electrons. The molecule has 4 rings (SSSR count). The molecule has 0 bridgehead atoms. The summed E-state index contributed by atoms with van der Waals surface area (Å²) >= 11 is 0. The van der Waals surface area contributed by atoms with Crippen molar-refractivity contribution in [3.05, 3.63) is 41.7 Å². The maximum Gasteiger partial charge on any atom is 0.412 e. The highest BCUT2D eigenvalue weighted by Gasteiger charge is 2.50. The molecule has 2 aliphatic heterocycles. The SMILES string of the molecule is COCc1cn(C2COC3C(OC(=O)Nc4ccc(C(C)(C)C)cc4)COC32)nn1. The van der Waals surface area contributed by atoms with E-state index in [9.17, 15) is 4.79 Å². The second-order valence-electron chi connectivity index (χ2n) is 8.68. The van der Waals surface area contributed by atoms with Crippen molar-refractivity contribution < 1.29 is 23.7 Å². The first-order chi connectivity index (χ1) is 14.3. The molecule has 2 fully saturated rings. The van der Waals surface area contributed by atoms with Gasteiger partial charge in [-0.15, -0.1) is 5.10 Å². The number of fused-ring (bicyclic) bond motifs is 1. The van der Waals surface area contributed by atoms with Gasteiger partial charge in [0.15, 0.2) is 6.10 Å². The number of aromatic nitrogens is 3. The second kappa shape index (κ2) is 8.33. The summed E-state index contributed by atoms with van der Waals surface area (Å²) in [4.78, 5) is 12.4. The lowest BCUT2D eigenvalue weighted by Gasteiger charge is -2.20. The molecule has 3 heterocycles. The van der Waals surface area contributed by atoms with Crippen molar-refractivity contribution >= 4 is 11.8 Å². The highest BCUT2D eigenvalue weighted by atomic mass is 16.6. The van der Waals surface area contributed by atoms with Crippen LogP contribution >= 0.6 is 0 Å². The number of nitrogens with one attached hydrogen (secondary N) is 1. The van der Waals surface area contributed by atoms with E-state index in [1.807, 2.05) is 30.5 Å². The molecule has 1 N–H and O–H groups in total. The Balaban J connectivity index is 1.33. The molecule has 1 amide bonds. The molecule has 4 atom stereocenters. The van der Waals surface area contributed by atoms with E-state index in [4.69, 9.17) is 18.9 Å². The number of nitrogens with zero attached hydrogens (tertiary/aromatic N) is 3. The van der Waals surface area contributed by atoms with Gasteiger partial charge in [0.05, 0.1) is 26.0 Å². The topological polar surface area (TPSA) is 96.7 Å². The lowest BCUT2D eigenvalue weighted by Crippen LogP contribution is -2.34. The van der Waals surface area contributed by atoms with Gasteiger partial charge in [-0.05, 0) is 23.1 Å². The van der Waals surface area contributed by atoms with Crippen LogP contribution in [-0.2, 0) is 31.0 Å². The van der Waals surface area contributed by atoms with Crippen molar-refractivity contribution in [3.8, 4) is 0 Å². The van der Waals surface area contributed by atoms with Crippen LogP contribution < -0.4 is 5.32 Å². The maximum absolute atomic E-state index is 12.4. The van der Waals surface area contributed by atoms with Gasteiger partial charge in [0, 0.05) is 12.8 Å². The van der Waals surface area contributed by atoms with Gasteiger partial charge in [-0.25, -0.2) is 9.48 Å². The normalized spacial score (nSPS) is 25.9. The van der Waals surface area contributed by atoms with E-state index in [2.05, 4.69) is 36.4 Å². The number of hydrogen-bond acceptors (Lipinski definition) is 7. The quantitative estimate of drug-likeness (QED) is 0.800. The number of benzene rings is 1. The molecular weight excluding hydrogens is 388 g/mol. The predicted octanol–water partition coefficient (Wildman–Crippen LogP) is 2.68. The second-order valence-corrected chi connectivity index (χ2v) is 8.68. The zero-order valence-electron chi connectivity index (χ0n) is 17.7. The molecule has 2 aromatic rings. The van der Waals surface area contributed by atoms with Gasteiger partial charge in [0.25, 0.3) is 0 Å². The maximum atomic E-state index is 12.4. The number of carbonyl (C=O) groups excluding carboxylic acids is 1. The number of anilines is 1. The third-order valence-corrected chi connectivity index (χ3v) is 5.43. The Bertz CT molecular complexity index is 876. The number of carbonyl (C=O) groups is 1. The summed E-state index contributed by atoms with van der Waals surface area (Å²) in [6, 6.07) is 7.64. The van der Waals surface area contributed by atoms with E-state index < -0.39 is 12.2 Å². The standard InChI is InChI=1S/C21H28N4O5/c1-21(2,3)13-5-7-14(8-6-13)22-20(26)30-17-12-29-18-16(11-28-19(17)18)25-9-15(10-27-4)23-24-25/h5-9,16-19H,10-12H2,1-4H3,(H,22,26). The van der Waals surface area contributed by atoms with E-state index in [0.29, 0.717) is 18.9 Å². The first-order valence-electron chi connectivity index (χ1n) is 10.1. The Hall–Kier alpha value is -2.49. The van der Waals surface area contributed by atoms with E-state index in [1.165, 1.54) is 5.56 Å². The predicted molar refractivity (Wildman–Crippen MR) is 108 cm³/mol. The number of rotatable bonds is 5. The Morgan fingerprint density at radius 3 is 2.63 bits per heavy atom. The molecule has 9 nitrogen and oxygen atoms in total. The molecular formula is C21H28N4O5. The van der Waals surface area contributed by atoms with Crippen LogP contribution in [0.1, 0.15) is 38.1 Å². The monoisotopic (exact) mass is 416 g/mol. The van der Waals surface area contributed by atoms with Crippen LogP contribution in [0.15, 0.2) is 30.5 Å². The summed E-state index contributed by atoms with van der Waals surface area (Å²) in [7, 11) is 1.61. The lowest BCUT2D eigenvalue weighted by atomic mass is 9.87. The summed E-state index contributed by atoms with van der Waals surface area (Å²) < 4.78 is 24.2. The van der Waals surface area contributed by atoms with Gasteiger partial charge in [0.1, 0.15) is 23.9 Å². The number of amides is 1. The van der Waals surface area contributed by atoms with Crippen molar-refractivity contribution in [3.63, 3.8) is 0 Å². The fourth-order valence-corrected chi connectivity index (χ4v) is 3.80. The van der Waals surface area contributed by atoms with Crippen LogP contribution in [0.25, 0.3) is 0 Å². The molecule has 1 aromatic heterocycles. The number of hydrogen-bond donors (Lipinski definition) is 1. The average Bonchev–Trinajstić information content (AvgIpc) is 3.39. The van der Waals surface area contributed by atoms with Gasteiger partial charge >= 0.3 is 6.09 Å². The summed E-state index contributed by atoms with van der Waals surface area (Å²) in [5, 5.41) is 11.0. The minimum atomic E-state index is -0.525. The van der Waals surface area contributed by atoms with Crippen LogP contribution in [-0.4, -0.2) is 59.7 Å². The molecule has 30 heavy (non-hydrogen) atoms. The summed E-state index contributed by atoms with van der Waals surface area (Å²) in [6.45, 7) is 7.53. The molecule has 0 aliphatic carbocycles. The number of methoxy groups -OCH3 is 1. The fraction of sp³-hybridized carbons (Fsp3) is 0.571. The Morgan fingerprint density at radius 1 is 1.20 bits per heavy atom. The highest BCUT2D eigenvalue weighted by molar-refractivity contribution is 5.84. The van der Waals surface area contributed by atoms with Crippen LogP contribution in [0, 0.1) is 0 Å². The van der Waals surface area contributed by atoms with Crippen molar-refractivity contribution in [1.82, 2.24) is 15.0 Å². The molecule has 0 saturated carbocycles. The Labute approximate surface area is 175 Å². The van der Waals surface area contributed by atoms with Gasteiger partial charge in [-0.3, -0.25) is 5.32 Å². The molecule has 2 saturated heterocycles. The highest BCUT2D eigenvalue weighted by Crippen LogP contribution is 2.35. The van der Waals surface area contributed by atoms with Crippen molar-refractivity contribution in [2.75, 3.05) is 25.6 Å². The third-order valence-electron chi connectivity index (χ3n) is 5.43. The molecule has 2 aliphatic rings. The van der Waals surface area contributed by atoms with Crippen LogP contribution in [0.3, 0.4) is 0 Å². The smallest absolute Gasteiger partial charge is 0.412 e. The van der Waals surface area contributed by atoms with Crippen molar-refractivity contribution in [2.24, 2.45) is 0 Å². The Morgan fingerprint density at radius 2 is 1.93 bits per heavy atom. The summed E-state index contributed by atoms with van der Waals surface area (Å²) in [6.07, 6.45) is 0.245. The Kier molecular flexibility index (Phi) is 5.77. The van der Waals surface area contributed by atoms with Gasteiger partial charge < -0.3 is 18.9 Å². The molecule has 0 spiro atoms. The first-order valence-corrected chi connectivity index (χ1v) is 10.1. The number of ether oxygens (including phenoxy) is 4. The van der Waals surface area contributed by atoms with Crippen LogP contribution in [0.5, 0.6) is 0 Å². The molecule has 0 radical (unpaired) electrons. The van der Waals surface area contributed by atoms with Gasteiger partial charge in [-0.1, -0.05) is 38.1 Å². The summed E-state index contributed by atoms with van der Waals surface area (Å²) in [5.41, 5.74) is 2.67. The molecule has 9 heteroatoms. The largest absolute Gasteiger partial charge is 0.441 e. The molecule has 4 unspecified atom stereocenters. The molecule has 1 aromatic carbocycles. The van der Waals surface area contributed by atoms with E-state index >= 15 is 0 Å². The first kappa shape index (κ1) is 20.8. The van der Waals surface area contributed by atoms with Crippen LogP contribution in [0.2, 0.25) is 0 Å². The zero-order valence-corrected chi connectivity index (χ0v) is 17.7. The minimum absolute atomic E-state index is 0.0556. The minimum Gasteiger partial charge on any atom is -0.441 e. The van der Waals surface area contributed by atoms with Gasteiger partial charge in [0.2, 0.25) is 0 Å². The van der Waals surface area contributed by atoms with E-state index in [-0.39, 0.29) is 30.3 Å². The summed E-state index contributed by atoms with van der Waals surface area (Å²) in [5.74, 6) is 0. The third kappa shape index (κ3) is 4.33. The van der Waals surface area contributed by atoms with Gasteiger partial charge in [-0.2, -0.15) is 0 Å². The lowest BCUT2D eigenvalue weighted by molar-refractivity contribution is 0.00770. The zero-order chi connectivity index (χ0) is 21.3. The average molecular weight is 416 g/mol. The van der Waals surface area contributed by atoms with Crippen LogP contribution in [0.4, 0.5) is 10.5 Å². The van der Waals surface area contributed by atoms with E-state index in [0.717, 1.165) is 5.69 Å². The fourth-order valence-electron chi connectivity index (χ4n) is 3.80.